The highest BCUT2D eigenvalue weighted by Crippen LogP contribution is 2.31. The number of carbonyl (C=O) groups excluding carboxylic acids is 1. The molecule has 192 valence electrons. The topological polar surface area (TPSA) is 128 Å². The average molecular weight is 497 g/mol. The van der Waals surface area contributed by atoms with Crippen LogP contribution in [0.25, 0.3) is 10.9 Å². The highest BCUT2D eigenvalue weighted by Gasteiger charge is 2.27. The number of hydrogen-bond donors (Lipinski definition) is 3. The predicted octanol–water partition coefficient (Wildman–Crippen LogP) is 1.91. The summed E-state index contributed by atoms with van der Waals surface area (Å²) < 4.78 is 23.2. The number of anilines is 2. The van der Waals surface area contributed by atoms with Gasteiger partial charge < -0.3 is 16.2 Å². The van der Waals surface area contributed by atoms with Crippen LogP contribution in [-0.4, -0.2) is 70.5 Å². The van der Waals surface area contributed by atoms with Crippen LogP contribution in [0.2, 0.25) is 0 Å². The molecule has 0 bridgehead atoms. The Morgan fingerprint density at radius 3 is 2.67 bits per heavy atom. The summed E-state index contributed by atoms with van der Waals surface area (Å²) in [7, 11) is 0. The lowest BCUT2D eigenvalue weighted by Gasteiger charge is -2.35. The third-order valence-corrected chi connectivity index (χ3v) is 7.09. The van der Waals surface area contributed by atoms with Crippen LogP contribution in [0.5, 0.6) is 0 Å². The maximum Gasteiger partial charge on any atom is 0.250 e. The minimum Gasteiger partial charge on any atom is -0.379 e. The fourth-order valence-electron chi connectivity index (χ4n) is 4.93. The molecule has 2 aliphatic rings. The fraction of sp³-hybridized carbons (Fsp3) is 0.480. The molecule has 5 N–H and O–H groups in total. The van der Waals surface area contributed by atoms with E-state index in [4.69, 9.17) is 16.2 Å². The molecule has 2 aromatic heterocycles. The molecule has 3 aromatic rings. The Bertz CT molecular complexity index is 1190. The highest BCUT2D eigenvalue weighted by atomic mass is 19.1. The maximum absolute atomic E-state index is 16.0. The van der Waals surface area contributed by atoms with Crippen LogP contribution in [0, 0.1) is 5.82 Å². The van der Waals surface area contributed by atoms with Gasteiger partial charge in [0.05, 0.1) is 48.1 Å². The van der Waals surface area contributed by atoms with Gasteiger partial charge in [-0.15, -0.1) is 0 Å². The molecule has 2 fully saturated rings. The number of morpholine rings is 1. The Morgan fingerprint density at radius 2 is 1.94 bits per heavy atom. The number of pyridine rings is 1. The number of hydrazine groups is 1. The number of halogens is 1. The number of aromatic nitrogens is 3. The molecule has 1 aliphatic carbocycles. The van der Waals surface area contributed by atoms with Crippen LogP contribution in [0.3, 0.4) is 0 Å². The van der Waals surface area contributed by atoms with Gasteiger partial charge >= 0.3 is 0 Å². The molecule has 1 saturated carbocycles. The molecule has 2 atom stereocenters. The molecule has 11 heteroatoms. The Hall–Kier alpha value is -3.12. The molecule has 1 amide bonds. The van der Waals surface area contributed by atoms with Gasteiger partial charge in [0.2, 0.25) is 5.91 Å². The number of nitrogens with zero attached hydrogens (tertiary/aromatic N) is 5. The van der Waals surface area contributed by atoms with E-state index in [9.17, 15) is 4.79 Å². The zero-order chi connectivity index (χ0) is 25.1. The first-order valence-electron chi connectivity index (χ1n) is 12.5. The molecule has 0 spiro atoms. The number of nitrogens with two attached hydrogens (primary N) is 2. The van der Waals surface area contributed by atoms with Crippen molar-refractivity contribution < 1.29 is 13.9 Å². The zero-order valence-corrected chi connectivity index (χ0v) is 20.3. The van der Waals surface area contributed by atoms with Crippen molar-refractivity contribution in [2.24, 2.45) is 11.5 Å². The van der Waals surface area contributed by atoms with Gasteiger partial charge in [0.15, 0.2) is 5.82 Å². The molecule has 1 saturated heterocycles. The van der Waals surface area contributed by atoms with Gasteiger partial charge in [-0.1, -0.05) is 12.8 Å². The molecule has 2 unspecified atom stereocenters. The Morgan fingerprint density at radius 1 is 1.14 bits per heavy atom. The number of hydrogen-bond acceptors (Lipinski definition) is 8. The summed E-state index contributed by atoms with van der Waals surface area (Å²) in [5.41, 5.74) is 16.5. The molecule has 36 heavy (non-hydrogen) atoms. The largest absolute Gasteiger partial charge is 0.379 e. The van der Waals surface area contributed by atoms with E-state index in [1.165, 1.54) is 6.20 Å². The summed E-state index contributed by atoms with van der Waals surface area (Å²) in [6.45, 7) is 4.75. The quantitative estimate of drug-likeness (QED) is 0.404. The number of carbonyl (C=O) groups is 1. The van der Waals surface area contributed by atoms with E-state index in [0.29, 0.717) is 23.4 Å². The lowest BCUT2D eigenvalue weighted by molar-refractivity contribution is 0.0361. The molecule has 5 rings (SSSR count). The van der Waals surface area contributed by atoms with Gasteiger partial charge in [-0.2, -0.15) is 5.10 Å². The van der Waals surface area contributed by atoms with E-state index >= 15 is 4.39 Å². The summed E-state index contributed by atoms with van der Waals surface area (Å²) in [5, 5.41) is 6.52. The Kier molecular flexibility index (Phi) is 7.42. The highest BCUT2D eigenvalue weighted by molar-refractivity contribution is 5.92. The molecular weight excluding hydrogens is 463 g/mol. The SMILES string of the molecule is NC(=O)c1ccc(N(NC2CCCCC2N)c2ccc3c(cnn3CCN3CCOCC3)c2F)nc1. The number of nitrogens with one attached hydrogen (secondary N) is 1. The van der Waals surface area contributed by atoms with Crippen molar-refractivity contribution in [3.05, 3.63) is 48.0 Å². The number of amides is 1. The van der Waals surface area contributed by atoms with E-state index in [2.05, 4.69) is 20.4 Å². The van der Waals surface area contributed by atoms with E-state index in [1.807, 2.05) is 10.7 Å². The average Bonchev–Trinajstić information content (AvgIpc) is 3.32. The fourth-order valence-corrected chi connectivity index (χ4v) is 4.93. The summed E-state index contributed by atoms with van der Waals surface area (Å²) in [4.78, 5) is 18.2. The molecular formula is C25H33FN8O2. The van der Waals surface area contributed by atoms with Gasteiger partial charge in [-0.3, -0.25) is 19.4 Å². The van der Waals surface area contributed by atoms with E-state index < -0.39 is 11.7 Å². The van der Waals surface area contributed by atoms with Crippen LogP contribution in [0.1, 0.15) is 36.0 Å². The summed E-state index contributed by atoms with van der Waals surface area (Å²) in [6, 6.07) is 6.75. The second-order valence-electron chi connectivity index (χ2n) is 9.44. The van der Waals surface area contributed by atoms with Crippen molar-refractivity contribution in [3.63, 3.8) is 0 Å². The molecule has 1 aromatic carbocycles. The lowest BCUT2D eigenvalue weighted by atomic mass is 9.91. The Balaban J connectivity index is 1.44. The normalized spacial score (nSPS) is 21.1. The second-order valence-corrected chi connectivity index (χ2v) is 9.44. The van der Waals surface area contributed by atoms with Crippen LogP contribution in [-0.2, 0) is 11.3 Å². The van der Waals surface area contributed by atoms with Gasteiger partial charge in [0.25, 0.3) is 0 Å². The van der Waals surface area contributed by atoms with Crippen LogP contribution in [0.15, 0.2) is 36.7 Å². The van der Waals surface area contributed by atoms with Crippen LogP contribution in [0.4, 0.5) is 15.9 Å². The summed E-state index contributed by atoms with van der Waals surface area (Å²) in [6.07, 6.45) is 6.87. The minimum atomic E-state index is -0.569. The van der Waals surface area contributed by atoms with Crippen molar-refractivity contribution in [1.82, 2.24) is 25.1 Å². The summed E-state index contributed by atoms with van der Waals surface area (Å²) >= 11 is 0. The molecule has 10 nitrogen and oxygen atoms in total. The van der Waals surface area contributed by atoms with Crippen molar-refractivity contribution >= 4 is 28.3 Å². The maximum atomic E-state index is 16.0. The van der Waals surface area contributed by atoms with Crippen molar-refractivity contribution in [1.29, 1.82) is 0 Å². The number of benzene rings is 1. The van der Waals surface area contributed by atoms with Gasteiger partial charge in [-0.05, 0) is 37.1 Å². The van der Waals surface area contributed by atoms with Crippen molar-refractivity contribution in [2.45, 2.75) is 44.3 Å². The predicted molar refractivity (Wildman–Crippen MR) is 135 cm³/mol. The minimum absolute atomic E-state index is 0.0392. The van der Waals surface area contributed by atoms with E-state index in [0.717, 1.165) is 64.0 Å². The van der Waals surface area contributed by atoms with Crippen molar-refractivity contribution in [3.8, 4) is 0 Å². The summed E-state index contributed by atoms with van der Waals surface area (Å²) in [5.74, 6) is -0.529. The molecule has 3 heterocycles. The standard InChI is InChI=1S/C25H33FN8O2/c26-24-18-16-30-33(10-9-32-11-13-36-14-12-32)21(18)6-7-22(24)34(31-20-4-2-1-3-19(20)27)23-8-5-17(15-29-23)25(28)35/h5-8,15-16,19-20,31H,1-4,9-14,27H2,(H2,28,35). The lowest BCUT2D eigenvalue weighted by Crippen LogP contribution is -2.53. The van der Waals surface area contributed by atoms with Crippen LogP contribution < -0.4 is 21.9 Å². The first-order chi connectivity index (χ1) is 17.5. The third kappa shape index (κ3) is 5.19. The first-order valence-corrected chi connectivity index (χ1v) is 12.5. The smallest absolute Gasteiger partial charge is 0.250 e. The van der Waals surface area contributed by atoms with E-state index in [1.54, 1.807) is 29.4 Å². The number of fused-ring (bicyclic) bond motifs is 1. The molecule has 0 radical (unpaired) electrons. The van der Waals surface area contributed by atoms with Gasteiger partial charge in [0, 0.05) is 37.9 Å². The second kappa shape index (κ2) is 10.9. The Labute approximate surface area is 209 Å². The third-order valence-electron chi connectivity index (χ3n) is 7.09. The van der Waals surface area contributed by atoms with Gasteiger partial charge in [0.1, 0.15) is 5.82 Å². The van der Waals surface area contributed by atoms with Crippen molar-refractivity contribution in [2.75, 3.05) is 37.9 Å². The first kappa shape index (κ1) is 24.6. The number of rotatable bonds is 8. The zero-order valence-electron chi connectivity index (χ0n) is 20.3. The van der Waals surface area contributed by atoms with Crippen LogP contribution >= 0.6 is 0 Å². The van der Waals surface area contributed by atoms with Gasteiger partial charge in [-0.25, -0.2) is 14.8 Å². The monoisotopic (exact) mass is 496 g/mol. The van der Waals surface area contributed by atoms with E-state index in [-0.39, 0.29) is 17.6 Å². The molecule has 1 aliphatic heterocycles. The number of primary amides is 1. The number of ether oxygens (including phenoxy) is 1.